The Morgan fingerprint density at radius 3 is 2.48 bits per heavy atom. The molecule has 0 aliphatic carbocycles. The van der Waals surface area contributed by atoms with Crippen LogP contribution in [0.15, 0.2) is 62.6 Å². The highest BCUT2D eigenvalue weighted by Crippen LogP contribution is 2.23. The number of hydrogen-bond acceptors (Lipinski definition) is 4. The fourth-order valence-electron chi connectivity index (χ4n) is 2.35. The third-order valence-corrected chi connectivity index (χ3v) is 4.89. The molecule has 0 amide bonds. The van der Waals surface area contributed by atoms with Crippen molar-refractivity contribution in [3.05, 3.63) is 70.1 Å². The van der Waals surface area contributed by atoms with Crippen LogP contribution in [0.3, 0.4) is 0 Å². The molecule has 6 heteroatoms. The van der Waals surface area contributed by atoms with Crippen LogP contribution < -0.4 is 10.3 Å². The standard InChI is InChI=1S/C17H15NO4S/c1-11-3-6-15(12(2)9-11)18-23(20,21)14-5-7-16-13(10-14)4-8-17(19)22-16/h3-10,18H,1-2H3. The summed E-state index contributed by atoms with van der Waals surface area (Å²) in [6, 6.07) is 12.7. The molecule has 0 fully saturated rings. The molecular formula is C17H15NO4S. The molecule has 118 valence electrons. The van der Waals surface area contributed by atoms with Gasteiger partial charge in [-0.1, -0.05) is 17.7 Å². The number of hydrogen-bond donors (Lipinski definition) is 1. The van der Waals surface area contributed by atoms with Gasteiger partial charge in [0.05, 0.1) is 10.6 Å². The number of nitrogens with one attached hydrogen (secondary N) is 1. The maximum atomic E-state index is 12.5. The van der Waals surface area contributed by atoms with E-state index in [9.17, 15) is 13.2 Å². The van der Waals surface area contributed by atoms with Gasteiger partial charge in [-0.2, -0.15) is 0 Å². The van der Waals surface area contributed by atoms with Crippen molar-refractivity contribution in [2.45, 2.75) is 18.7 Å². The maximum Gasteiger partial charge on any atom is 0.336 e. The number of rotatable bonds is 3. The van der Waals surface area contributed by atoms with Crippen molar-refractivity contribution in [1.29, 1.82) is 0 Å². The Morgan fingerprint density at radius 2 is 1.74 bits per heavy atom. The second kappa shape index (κ2) is 5.55. The first-order chi connectivity index (χ1) is 10.8. The van der Waals surface area contributed by atoms with Crippen LogP contribution in [-0.4, -0.2) is 8.42 Å². The van der Waals surface area contributed by atoms with Crippen molar-refractivity contribution in [1.82, 2.24) is 0 Å². The normalized spacial score (nSPS) is 11.6. The minimum absolute atomic E-state index is 0.110. The van der Waals surface area contributed by atoms with Gasteiger partial charge in [-0.15, -0.1) is 0 Å². The molecule has 0 bridgehead atoms. The van der Waals surface area contributed by atoms with E-state index in [1.807, 2.05) is 26.0 Å². The molecule has 3 rings (SSSR count). The van der Waals surface area contributed by atoms with Gasteiger partial charge in [-0.25, -0.2) is 13.2 Å². The van der Waals surface area contributed by atoms with E-state index in [4.69, 9.17) is 4.42 Å². The van der Waals surface area contributed by atoms with Crippen LogP contribution in [-0.2, 0) is 10.0 Å². The smallest absolute Gasteiger partial charge is 0.336 e. The summed E-state index contributed by atoms with van der Waals surface area (Å²) in [7, 11) is -3.72. The monoisotopic (exact) mass is 329 g/mol. The second-order valence-corrected chi connectivity index (χ2v) is 7.06. The van der Waals surface area contributed by atoms with Gasteiger partial charge in [0.2, 0.25) is 0 Å². The Labute approximate surface area is 133 Å². The number of benzene rings is 2. The summed E-state index contributed by atoms with van der Waals surface area (Å²) in [6.45, 7) is 3.79. The Balaban J connectivity index is 2.02. The fraction of sp³-hybridized carbons (Fsp3) is 0.118. The average Bonchev–Trinajstić information content (AvgIpc) is 2.49. The Hall–Kier alpha value is -2.60. The first-order valence-electron chi connectivity index (χ1n) is 6.99. The summed E-state index contributed by atoms with van der Waals surface area (Å²) in [4.78, 5) is 11.3. The second-order valence-electron chi connectivity index (χ2n) is 5.38. The molecule has 2 aromatic carbocycles. The molecule has 0 atom stereocenters. The molecule has 1 N–H and O–H groups in total. The van der Waals surface area contributed by atoms with Crippen LogP contribution in [0.2, 0.25) is 0 Å². The van der Waals surface area contributed by atoms with Crippen molar-refractivity contribution >= 4 is 26.7 Å². The predicted molar refractivity (Wildman–Crippen MR) is 89.2 cm³/mol. The quantitative estimate of drug-likeness (QED) is 0.749. The minimum Gasteiger partial charge on any atom is -0.423 e. The van der Waals surface area contributed by atoms with Gasteiger partial charge in [-0.05, 0) is 49.7 Å². The number of aryl methyl sites for hydroxylation is 2. The molecule has 0 saturated heterocycles. The molecule has 0 radical (unpaired) electrons. The molecule has 5 nitrogen and oxygen atoms in total. The zero-order chi connectivity index (χ0) is 16.6. The molecule has 23 heavy (non-hydrogen) atoms. The van der Waals surface area contributed by atoms with Gasteiger partial charge >= 0.3 is 5.63 Å². The van der Waals surface area contributed by atoms with Crippen molar-refractivity contribution in [2.75, 3.05) is 4.72 Å². The van der Waals surface area contributed by atoms with Crippen LogP contribution in [0, 0.1) is 13.8 Å². The summed E-state index contributed by atoms with van der Waals surface area (Å²) < 4.78 is 32.7. The zero-order valence-electron chi connectivity index (χ0n) is 12.7. The first kappa shape index (κ1) is 15.3. The van der Waals surface area contributed by atoms with Crippen LogP contribution in [0.5, 0.6) is 0 Å². The van der Waals surface area contributed by atoms with E-state index in [-0.39, 0.29) is 4.90 Å². The van der Waals surface area contributed by atoms with E-state index in [1.165, 1.54) is 30.3 Å². The van der Waals surface area contributed by atoms with E-state index in [0.29, 0.717) is 16.7 Å². The summed E-state index contributed by atoms with van der Waals surface area (Å²) >= 11 is 0. The van der Waals surface area contributed by atoms with Gasteiger partial charge in [0.25, 0.3) is 10.0 Å². The van der Waals surface area contributed by atoms with E-state index in [1.54, 1.807) is 6.07 Å². The van der Waals surface area contributed by atoms with E-state index < -0.39 is 15.6 Å². The molecule has 3 aromatic rings. The van der Waals surface area contributed by atoms with Crippen LogP contribution in [0.4, 0.5) is 5.69 Å². The van der Waals surface area contributed by atoms with Crippen molar-refractivity contribution in [3.63, 3.8) is 0 Å². The SMILES string of the molecule is Cc1ccc(NS(=O)(=O)c2ccc3oc(=O)ccc3c2)c(C)c1. The Bertz CT molecular complexity index is 1050. The Morgan fingerprint density at radius 1 is 0.957 bits per heavy atom. The number of sulfonamides is 1. The van der Waals surface area contributed by atoms with Crippen LogP contribution >= 0.6 is 0 Å². The fourth-order valence-corrected chi connectivity index (χ4v) is 3.51. The molecule has 0 aliphatic heterocycles. The summed E-state index contributed by atoms with van der Waals surface area (Å²) in [5.41, 5.74) is 2.33. The lowest BCUT2D eigenvalue weighted by Crippen LogP contribution is -2.13. The average molecular weight is 329 g/mol. The lowest BCUT2D eigenvalue weighted by Gasteiger charge is -2.11. The molecule has 1 aromatic heterocycles. The van der Waals surface area contributed by atoms with E-state index in [2.05, 4.69) is 4.72 Å². The predicted octanol–water partition coefficient (Wildman–Crippen LogP) is 3.21. The summed E-state index contributed by atoms with van der Waals surface area (Å²) in [6.07, 6.45) is 0. The van der Waals surface area contributed by atoms with Crippen molar-refractivity contribution in [3.8, 4) is 0 Å². The lowest BCUT2D eigenvalue weighted by atomic mass is 10.1. The molecule has 0 aliphatic rings. The number of anilines is 1. The highest BCUT2D eigenvalue weighted by molar-refractivity contribution is 7.92. The maximum absolute atomic E-state index is 12.5. The van der Waals surface area contributed by atoms with Gasteiger partial charge < -0.3 is 4.42 Å². The third kappa shape index (κ3) is 3.12. The zero-order valence-corrected chi connectivity index (χ0v) is 13.5. The van der Waals surface area contributed by atoms with Crippen LogP contribution in [0.25, 0.3) is 11.0 Å². The molecular weight excluding hydrogens is 314 g/mol. The summed E-state index contributed by atoms with van der Waals surface area (Å²) in [5, 5.41) is 0.549. The topological polar surface area (TPSA) is 76.4 Å². The largest absolute Gasteiger partial charge is 0.423 e. The molecule has 0 saturated carbocycles. The molecule has 0 spiro atoms. The highest BCUT2D eigenvalue weighted by Gasteiger charge is 2.16. The third-order valence-electron chi connectivity index (χ3n) is 3.53. The lowest BCUT2D eigenvalue weighted by molar-refractivity contribution is 0.560. The van der Waals surface area contributed by atoms with Gasteiger partial charge in [0.1, 0.15) is 5.58 Å². The number of fused-ring (bicyclic) bond motifs is 1. The minimum atomic E-state index is -3.72. The van der Waals surface area contributed by atoms with Gasteiger partial charge in [-0.3, -0.25) is 4.72 Å². The highest BCUT2D eigenvalue weighted by atomic mass is 32.2. The summed E-state index contributed by atoms with van der Waals surface area (Å²) in [5.74, 6) is 0. The molecule has 0 unspecified atom stereocenters. The van der Waals surface area contributed by atoms with Crippen molar-refractivity contribution < 1.29 is 12.8 Å². The van der Waals surface area contributed by atoms with E-state index in [0.717, 1.165) is 11.1 Å². The van der Waals surface area contributed by atoms with Crippen LogP contribution in [0.1, 0.15) is 11.1 Å². The molecule has 1 heterocycles. The van der Waals surface area contributed by atoms with E-state index >= 15 is 0 Å². The first-order valence-corrected chi connectivity index (χ1v) is 8.47. The van der Waals surface area contributed by atoms with Gasteiger partial charge in [0, 0.05) is 11.5 Å². The van der Waals surface area contributed by atoms with Crippen molar-refractivity contribution in [2.24, 2.45) is 0 Å². The Kier molecular flexibility index (Phi) is 3.69. The van der Waals surface area contributed by atoms with Gasteiger partial charge in [0.15, 0.2) is 0 Å².